The molecule has 2 aromatic heterocycles. The maximum Gasteiger partial charge on any atom is 0.0708 e. The van der Waals surface area contributed by atoms with Gasteiger partial charge in [-0.25, -0.2) is 0 Å². The van der Waals surface area contributed by atoms with Crippen LogP contribution < -0.4 is 0 Å². The van der Waals surface area contributed by atoms with E-state index in [-0.39, 0.29) is 0 Å². The van der Waals surface area contributed by atoms with E-state index in [1.807, 2.05) is 23.5 Å². The summed E-state index contributed by atoms with van der Waals surface area (Å²) in [6, 6.07) is 0. The Hall–Kier alpha value is -3.92. The zero-order chi connectivity index (χ0) is 45.1. The third-order valence-corrected chi connectivity index (χ3v) is 14.6. The third-order valence-electron chi connectivity index (χ3n) is 14.6. The number of aryl methyl sites for hydroxylation is 3. The summed E-state index contributed by atoms with van der Waals surface area (Å²) in [5.74, 6) is 3.27. The van der Waals surface area contributed by atoms with E-state index < -0.39 is 0 Å². The molecule has 0 unspecified atom stereocenters. The summed E-state index contributed by atoms with van der Waals surface area (Å²) in [6.07, 6.45) is 5.00. The van der Waals surface area contributed by atoms with Crippen LogP contribution in [0, 0.1) is 76.2 Å². The molecule has 0 saturated heterocycles. The van der Waals surface area contributed by atoms with Crippen LogP contribution in [-0.4, -0.2) is 19.6 Å². The second-order valence-corrected chi connectivity index (χ2v) is 20.4. The van der Waals surface area contributed by atoms with Crippen LogP contribution in [0.15, 0.2) is 0 Å². The summed E-state index contributed by atoms with van der Waals surface area (Å²) in [5, 5.41) is 8.69. The van der Waals surface area contributed by atoms with Gasteiger partial charge in [-0.2, -0.15) is 10.2 Å². The number of hydrogen-bond donors (Lipinski definition) is 0. The van der Waals surface area contributed by atoms with Crippen LogP contribution in [-0.2, 0) is 39.8 Å². The van der Waals surface area contributed by atoms with Crippen molar-refractivity contribution in [2.45, 2.75) is 201 Å². The van der Waals surface area contributed by atoms with Crippen LogP contribution >= 0.6 is 0 Å². The van der Waals surface area contributed by atoms with Crippen molar-refractivity contribution in [2.24, 2.45) is 14.1 Å². The van der Waals surface area contributed by atoms with E-state index >= 15 is 0 Å². The van der Waals surface area contributed by atoms with Crippen molar-refractivity contribution in [3.8, 4) is 0 Å². The summed E-state index contributed by atoms with van der Waals surface area (Å²) < 4.78 is 3.99. The highest BCUT2D eigenvalue weighted by Gasteiger charge is 2.36. The van der Waals surface area contributed by atoms with Crippen LogP contribution in [0.1, 0.15) is 233 Å². The summed E-state index contributed by atoms with van der Waals surface area (Å²) in [4.78, 5) is 0. The standard InChI is InChI=1S/C14H22.C13H18.C12H14.C9H16N2.C8H12N2/c1-8(2)14-12(6)10(4)9(3)11(5)13(14)7;1-7(2)13-10(5)8(3)9(4)11-6-12(11)13;1-6(2)12-10-4-8(10)7(3)9-5-11(9)12;1-6(2)9-7(3)8(4)10-11(9)5;1-5(2)8-6-4-7(6)9-10(8)3/h8H,1-7H3;7H,6H2,1-5H3;6H,4-5H2,1-3H3;6H,1-5H3;5H,4H2,1-3H3. The molecule has 4 heteroatoms. The molecule has 60 heavy (non-hydrogen) atoms. The number of fused-ring (bicyclic) bond motifs is 4. The molecule has 2 heterocycles. The van der Waals surface area contributed by atoms with Gasteiger partial charge in [0.2, 0.25) is 0 Å². The minimum atomic E-state index is 0.571. The summed E-state index contributed by atoms with van der Waals surface area (Å²) in [6.45, 7) is 47.1. The summed E-state index contributed by atoms with van der Waals surface area (Å²) in [7, 11) is 4.04. The van der Waals surface area contributed by atoms with Crippen molar-refractivity contribution in [3.05, 3.63) is 134 Å². The number of rotatable bonds is 5. The Morgan fingerprint density at radius 2 is 0.683 bits per heavy atom. The van der Waals surface area contributed by atoms with Crippen LogP contribution in [0.25, 0.3) is 0 Å². The molecule has 4 aliphatic rings. The Balaban J connectivity index is 0.000000143. The average Bonchev–Trinajstić information content (AvgIpc) is 3.97. The predicted octanol–water partition coefficient (Wildman–Crippen LogP) is 14.5. The minimum Gasteiger partial charge on any atom is -0.272 e. The Bertz CT molecular complexity index is 2370. The highest BCUT2D eigenvalue weighted by atomic mass is 15.3. The van der Waals surface area contributed by atoms with Gasteiger partial charge in [0.05, 0.1) is 11.4 Å². The number of aromatic nitrogens is 4. The molecule has 0 amide bonds. The maximum absolute atomic E-state index is 4.35. The quantitative estimate of drug-likeness (QED) is 0.174. The lowest BCUT2D eigenvalue weighted by Crippen LogP contribution is -2.04. The van der Waals surface area contributed by atoms with Gasteiger partial charge in [0.25, 0.3) is 0 Å². The molecule has 3 aromatic carbocycles. The fourth-order valence-electron chi connectivity index (χ4n) is 10.6. The van der Waals surface area contributed by atoms with Gasteiger partial charge >= 0.3 is 0 Å². The van der Waals surface area contributed by atoms with Gasteiger partial charge in [-0.1, -0.05) is 69.2 Å². The van der Waals surface area contributed by atoms with Crippen molar-refractivity contribution in [3.63, 3.8) is 0 Å². The highest BCUT2D eigenvalue weighted by molar-refractivity contribution is 5.69. The molecule has 0 saturated carbocycles. The first-order valence-corrected chi connectivity index (χ1v) is 23.2. The molecule has 0 bridgehead atoms. The highest BCUT2D eigenvalue weighted by Crippen LogP contribution is 2.49. The fraction of sp³-hybridized carbons (Fsp3) is 0.571. The predicted molar refractivity (Wildman–Crippen MR) is 260 cm³/mol. The third kappa shape index (κ3) is 9.29. The van der Waals surface area contributed by atoms with E-state index in [2.05, 4.69) is 156 Å². The van der Waals surface area contributed by atoms with Crippen molar-refractivity contribution < 1.29 is 0 Å². The van der Waals surface area contributed by atoms with Gasteiger partial charge in [-0.15, -0.1) is 0 Å². The zero-order valence-corrected chi connectivity index (χ0v) is 42.5. The number of hydrogen-bond acceptors (Lipinski definition) is 2. The van der Waals surface area contributed by atoms with Gasteiger partial charge in [0.1, 0.15) is 0 Å². The lowest BCUT2D eigenvalue weighted by Gasteiger charge is -2.21. The number of nitrogens with zero attached hydrogens (tertiary/aromatic N) is 4. The fourth-order valence-corrected chi connectivity index (χ4v) is 10.6. The van der Waals surface area contributed by atoms with Gasteiger partial charge in [-0.3, -0.25) is 9.36 Å². The SMILES string of the molecule is CC(C)c1c2c(nn1C)C2.Cc1c(C)c(C)c(C(C)C)c(C)c1C.Cc1c(C)c2c(c(C(C)C)c1C)C2.Cc1c2c(c(C(C)C)c3c1C3)C2.Cc1nn(C)c(C(C)C)c1C. The summed E-state index contributed by atoms with van der Waals surface area (Å²) >= 11 is 0. The van der Waals surface area contributed by atoms with Crippen molar-refractivity contribution in [2.75, 3.05) is 0 Å². The first-order chi connectivity index (χ1) is 27.8. The molecule has 4 nitrogen and oxygen atoms in total. The van der Waals surface area contributed by atoms with Crippen LogP contribution in [0.5, 0.6) is 0 Å². The Labute approximate surface area is 367 Å². The van der Waals surface area contributed by atoms with E-state index in [0.29, 0.717) is 23.7 Å². The first kappa shape index (κ1) is 47.1. The molecule has 4 aliphatic carbocycles. The monoisotopic (exact) mass is 811 g/mol. The molecular formula is C56H82N4. The van der Waals surface area contributed by atoms with E-state index in [9.17, 15) is 0 Å². The van der Waals surface area contributed by atoms with E-state index in [0.717, 1.165) is 18.0 Å². The molecule has 9 rings (SSSR count). The molecule has 326 valence electrons. The lowest BCUT2D eigenvalue weighted by molar-refractivity contribution is 0.652. The first-order valence-electron chi connectivity index (χ1n) is 23.2. The zero-order valence-electron chi connectivity index (χ0n) is 42.5. The van der Waals surface area contributed by atoms with Crippen molar-refractivity contribution in [1.29, 1.82) is 0 Å². The molecule has 0 atom stereocenters. The molecule has 5 aromatic rings. The normalized spacial score (nSPS) is 13.1. The molecule has 0 radical (unpaired) electrons. The summed E-state index contributed by atoms with van der Waals surface area (Å²) in [5.41, 5.74) is 36.5. The number of benzene rings is 3. The maximum atomic E-state index is 4.35. The van der Waals surface area contributed by atoms with Crippen LogP contribution in [0.2, 0.25) is 0 Å². The van der Waals surface area contributed by atoms with E-state index in [1.54, 1.807) is 55.6 Å². The van der Waals surface area contributed by atoms with Gasteiger partial charge in [0.15, 0.2) is 0 Å². The topological polar surface area (TPSA) is 35.6 Å². The van der Waals surface area contributed by atoms with Crippen LogP contribution in [0.3, 0.4) is 0 Å². The molecule has 0 N–H and O–H groups in total. The van der Waals surface area contributed by atoms with E-state index in [1.165, 1.54) is 92.0 Å². The van der Waals surface area contributed by atoms with Crippen LogP contribution in [0.4, 0.5) is 0 Å². The Morgan fingerprint density at radius 3 is 1.02 bits per heavy atom. The second kappa shape index (κ2) is 17.8. The Morgan fingerprint density at radius 1 is 0.317 bits per heavy atom. The molecular weight excluding hydrogens is 729 g/mol. The average molecular weight is 811 g/mol. The Kier molecular flexibility index (Phi) is 14.0. The van der Waals surface area contributed by atoms with Crippen molar-refractivity contribution >= 4 is 0 Å². The molecule has 0 fully saturated rings. The van der Waals surface area contributed by atoms with E-state index in [4.69, 9.17) is 0 Å². The minimum absolute atomic E-state index is 0.571. The smallest absolute Gasteiger partial charge is 0.0708 e. The lowest BCUT2D eigenvalue weighted by atomic mass is 9.85. The molecule has 0 spiro atoms. The molecule has 0 aliphatic heterocycles. The van der Waals surface area contributed by atoms with Crippen molar-refractivity contribution in [1.82, 2.24) is 19.6 Å². The van der Waals surface area contributed by atoms with Gasteiger partial charge < -0.3 is 0 Å². The van der Waals surface area contributed by atoms with Gasteiger partial charge in [0, 0.05) is 37.5 Å². The largest absolute Gasteiger partial charge is 0.272 e. The second-order valence-electron chi connectivity index (χ2n) is 20.4. The van der Waals surface area contributed by atoms with Gasteiger partial charge in [-0.05, 0) is 231 Å².